The molecule has 0 amide bonds. The SMILES string of the molecule is Brc1ccc(/C=N/Nc2nncc3ccccc23)cc1. The van der Waals surface area contributed by atoms with Crippen LogP contribution in [0.1, 0.15) is 5.56 Å². The quantitative estimate of drug-likeness (QED) is 0.587. The van der Waals surface area contributed by atoms with Gasteiger partial charge in [-0.05, 0) is 17.7 Å². The number of nitrogens with one attached hydrogen (secondary N) is 1. The van der Waals surface area contributed by atoms with E-state index in [0.29, 0.717) is 5.82 Å². The molecule has 1 N–H and O–H groups in total. The van der Waals surface area contributed by atoms with Crippen molar-refractivity contribution in [2.45, 2.75) is 0 Å². The molecule has 3 aromatic rings. The van der Waals surface area contributed by atoms with Crippen LogP contribution in [0.4, 0.5) is 5.82 Å². The van der Waals surface area contributed by atoms with E-state index in [4.69, 9.17) is 0 Å². The molecule has 0 unspecified atom stereocenters. The van der Waals surface area contributed by atoms with Crippen molar-refractivity contribution in [3.63, 3.8) is 0 Å². The first-order chi connectivity index (χ1) is 9.83. The van der Waals surface area contributed by atoms with Gasteiger partial charge in [-0.25, -0.2) is 0 Å². The number of rotatable bonds is 3. The lowest BCUT2D eigenvalue weighted by Gasteiger charge is -2.02. The van der Waals surface area contributed by atoms with Gasteiger partial charge < -0.3 is 0 Å². The van der Waals surface area contributed by atoms with Crippen molar-refractivity contribution >= 4 is 38.7 Å². The zero-order chi connectivity index (χ0) is 13.8. The molecule has 4 nitrogen and oxygen atoms in total. The third-order valence-corrected chi connectivity index (χ3v) is 3.35. The fraction of sp³-hybridized carbons (Fsp3) is 0. The largest absolute Gasteiger partial charge is 0.259 e. The minimum absolute atomic E-state index is 0.650. The van der Waals surface area contributed by atoms with Gasteiger partial charge in [-0.3, -0.25) is 5.43 Å². The Hall–Kier alpha value is -2.27. The summed E-state index contributed by atoms with van der Waals surface area (Å²) in [5.41, 5.74) is 3.94. The predicted molar refractivity (Wildman–Crippen MR) is 84.9 cm³/mol. The highest BCUT2D eigenvalue weighted by Gasteiger charge is 2.00. The molecule has 1 heterocycles. The molecule has 3 rings (SSSR count). The summed E-state index contributed by atoms with van der Waals surface area (Å²) in [6.07, 6.45) is 3.48. The first kappa shape index (κ1) is 12.7. The highest BCUT2D eigenvalue weighted by atomic mass is 79.9. The lowest BCUT2D eigenvalue weighted by atomic mass is 10.2. The molecule has 5 heteroatoms. The van der Waals surface area contributed by atoms with Gasteiger partial charge in [0, 0.05) is 15.2 Å². The molecule has 0 atom stereocenters. The standard InChI is InChI=1S/C15H11BrN4/c16-13-7-5-11(6-8-13)9-17-19-15-14-4-2-1-3-12(14)10-18-20-15/h1-10H,(H,19,20)/b17-9+. The second kappa shape index (κ2) is 5.79. The third-order valence-electron chi connectivity index (χ3n) is 2.82. The summed E-state index contributed by atoms with van der Waals surface area (Å²) in [5.74, 6) is 0.650. The molecule has 2 aromatic carbocycles. The topological polar surface area (TPSA) is 50.2 Å². The third kappa shape index (κ3) is 2.83. The first-order valence-corrected chi connectivity index (χ1v) is 6.87. The number of fused-ring (bicyclic) bond motifs is 1. The maximum atomic E-state index is 4.20. The summed E-state index contributed by atoms with van der Waals surface area (Å²) in [6.45, 7) is 0. The highest BCUT2D eigenvalue weighted by molar-refractivity contribution is 9.10. The van der Waals surface area contributed by atoms with Gasteiger partial charge in [-0.1, -0.05) is 52.3 Å². The molecule has 98 valence electrons. The molecule has 20 heavy (non-hydrogen) atoms. The average molecular weight is 327 g/mol. The Kier molecular flexibility index (Phi) is 3.69. The summed E-state index contributed by atoms with van der Waals surface area (Å²) in [6, 6.07) is 15.8. The van der Waals surface area contributed by atoms with Crippen LogP contribution in [0.2, 0.25) is 0 Å². The number of hydrogen-bond donors (Lipinski definition) is 1. The maximum absolute atomic E-state index is 4.20. The van der Waals surface area contributed by atoms with Gasteiger partial charge in [0.2, 0.25) is 0 Å². The Labute approximate surface area is 124 Å². The predicted octanol–water partition coefficient (Wildman–Crippen LogP) is 3.84. The minimum Gasteiger partial charge on any atom is -0.259 e. The molecular formula is C15H11BrN4. The van der Waals surface area contributed by atoms with Crippen molar-refractivity contribution in [3.05, 3.63) is 64.8 Å². The number of benzene rings is 2. The van der Waals surface area contributed by atoms with Crippen LogP contribution in [0.5, 0.6) is 0 Å². The number of hydrazone groups is 1. The van der Waals surface area contributed by atoms with Crippen LogP contribution < -0.4 is 5.43 Å². The van der Waals surface area contributed by atoms with Crippen molar-refractivity contribution in [2.75, 3.05) is 5.43 Å². The van der Waals surface area contributed by atoms with Gasteiger partial charge in [-0.2, -0.15) is 10.2 Å². The molecule has 0 aliphatic heterocycles. The molecule has 0 aliphatic carbocycles. The monoisotopic (exact) mass is 326 g/mol. The van der Waals surface area contributed by atoms with E-state index in [1.165, 1.54) is 0 Å². The Bertz CT molecular complexity index is 748. The summed E-state index contributed by atoms with van der Waals surface area (Å²) < 4.78 is 1.04. The van der Waals surface area contributed by atoms with Gasteiger partial charge in [0.05, 0.1) is 12.4 Å². The molecule has 0 saturated carbocycles. The molecule has 0 bridgehead atoms. The van der Waals surface area contributed by atoms with E-state index in [-0.39, 0.29) is 0 Å². The van der Waals surface area contributed by atoms with Crippen molar-refractivity contribution in [1.82, 2.24) is 10.2 Å². The van der Waals surface area contributed by atoms with Crippen LogP contribution >= 0.6 is 15.9 Å². The molecule has 0 saturated heterocycles. The molecule has 0 aliphatic rings. The fourth-order valence-corrected chi connectivity index (χ4v) is 2.09. The van der Waals surface area contributed by atoms with E-state index in [0.717, 1.165) is 20.8 Å². The number of hydrogen-bond acceptors (Lipinski definition) is 4. The number of halogens is 1. The van der Waals surface area contributed by atoms with E-state index in [9.17, 15) is 0 Å². The second-order valence-corrected chi connectivity index (χ2v) is 5.12. The summed E-state index contributed by atoms with van der Waals surface area (Å²) in [5, 5.41) is 14.3. The van der Waals surface area contributed by atoms with E-state index < -0.39 is 0 Å². The van der Waals surface area contributed by atoms with Gasteiger partial charge in [0.15, 0.2) is 5.82 Å². The zero-order valence-electron chi connectivity index (χ0n) is 10.5. The Morgan fingerprint density at radius 1 is 1.05 bits per heavy atom. The van der Waals surface area contributed by atoms with Crippen LogP contribution in [0.25, 0.3) is 10.8 Å². The molecular weight excluding hydrogens is 316 g/mol. The van der Waals surface area contributed by atoms with E-state index >= 15 is 0 Å². The van der Waals surface area contributed by atoms with Gasteiger partial charge in [-0.15, -0.1) is 5.10 Å². The lowest BCUT2D eigenvalue weighted by molar-refractivity contribution is 1.04. The number of anilines is 1. The molecule has 0 spiro atoms. The van der Waals surface area contributed by atoms with Gasteiger partial charge >= 0.3 is 0 Å². The van der Waals surface area contributed by atoms with Crippen molar-refractivity contribution in [2.24, 2.45) is 5.10 Å². The Morgan fingerprint density at radius 2 is 1.85 bits per heavy atom. The van der Waals surface area contributed by atoms with Gasteiger partial charge in [0.1, 0.15) is 0 Å². The van der Waals surface area contributed by atoms with Crippen LogP contribution in [-0.2, 0) is 0 Å². The Balaban J connectivity index is 1.81. The van der Waals surface area contributed by atoms with Crippen LogP contribution in [0.3, 0.4) is 0 Å². The van der Waals surface area contributed by atoms with Crippen molar-refractivity contribution in [3.8, 4) is 0 Å². The summed E-state index contributed by atoms with van der Waals surface area (Å²) in [4.78, 5) is 0. The van der Waals surface area contributed by atoms with E-state index in [2.05, 4.69) is 36.7 Å². The fourth-order valence-electron chi connectivity index (χ4n) is 1.83. The van der Waals surface area contributed by atoms with E-state index in [1.54, 1.807) is 12.4 Å². The summed E-state index contributed by atoms with van der Waals surface area (Å²) >= 11 is 3.40. The van der Waals surface area contributed by atoms with Crippen LogP contribution in [-0.4, -0.2) is 16.4 Å². The number of aromatic nitrogens is 2. The van der Waals surface area contributed by atoms with Crippen molar-refractivity contribution in [1.29, 1.82) is 0 Å². The second-order valence-electron chi connectivity index (χ2n) is 4.20. The first-order valence-electron chi connectivity index (χ1n) is 6.08. The molecule has 0 fully saturated rings. The Morgan fingerprint density at radius 3 is 2.70 bits per heavy atom. The smallest absolute Gasteiger partial charge is 0.176 e. The zero-order valence-corrected chi connectivity index (χ0v) is 12.1. The number of nitrogens with zero attached hydrogens (tertiary/aromatic N) is 3. The van der Waals surface area contributed by atoms with Crippen LogP contribution in [0, 0.1) is 0 Å². The van der Waals surface area contributed by atoms with Crippen LogP contribution in [0.15, 0.2) is 64.3 Å². The van der Waals surface area contributed by atoms with Crippen molar-refractivity contribution < 1.29 is 0 Å². The van der Waals surface area contributed by atoms with E-state index in [1.807, 2.05) is 48.5 Å². The van der Waals surface area contributed by atoms with Gasteiger partial charge in [0.25, 0.3) is 0 Å². The average Bonchev–Trinajstić information content (AvgIpc) is 2.49. The maximum Gasteiger partial charge on any atom is 0.176 e. The molecule has 1 aromatic heterocycles. The highest BCUT2D eigenvalue weighted by Crippen LogP contribution is 2.19. The lowest BCUT2D eigenvalue weighted by Crippen LogP contribution is -1.96. The summed E-state index contributed by atoms with van der Waals surface area (Å²) in [7, 11) is 0. The normalized spacial score (nSPS) is 11.1. The minimum atomic E-state index is 0.650. The molecule has 0 radical (unpaired) electrons.